The van der Waals surface area contributed by atoms with Crippen molar-refractivity contribution >= 4 is 29.1 Å². The van der Waals surface area contributed by atoms with Gasteiger partial charge in [-0.1, -0.05) is 11.6 Å². The molecule has 13 heavy (non-hydrogen) atoms. The van der Waals surface area contributed by atoms with Gasteiger partial charge in [-0.05, 0) is 30.6 Å². The van der Waals surface area contributed by atoms with Gasteiger partial charge in [-0.15, -0.1) is 0 Å². The summed E-state index contributed by atoms with van der Waals surface area (Å²) in [4.78, 5) is 3.98. The van der Waals surface area contributed by atoms with E-state index in [1.54, 1.807) is 12.3 Å². The molecule has 0 fully saturated rings. The minimum Gasteiger partial charge on any atom is -0.384 e. The Morgan fingerprint density at radius 3 is 3.00 bits per heavy atom. The van der Waals surface area contributed by atoms with E-state index < -0.39 is 0 Å². The highest BCUT2D eigenvalue weighted by molar-refractivity contribution is 7.98. The molecule has 0 amide bonds. The molecule has 0 saturated heterocycles. The molecule has 0 radical (unpaired) electrons. The summed E-state index contributed by atoms with van der Waals surface area (Å²) in [5, 5.41) is 3.81. The van der Waals surface area contributed by atoms with E-state index >= 15 is 0 Å². The first-order valence-corrected chi connectivity index (χ1v) is 5.94. The van der Waals surface area contributed by atoms with E-state index in [-0.39, 0.29) is 0 Å². The number of halogens is 1. The predicted octanol–water partition coefficient (Wildman–Crippen LogP) is 2.90. The van der Waals surface area contributed by atoms with Crippen molar-refractivity contribution in [2.45, 2.75) is 6.42 Å². The van der Waals surface area contributed by atoms with Gasteiger partial charge < -0.3 is 5.32 Å². The third-order valence-electron chi connectivity index (χ3n) is 1.58. The molecule has 72 valence electrons. The molecule has 4 heteroatoms. The van der Waals surface area contributed by atoms with Crippen LogP contribution in [0.3, 0.4) is 0 Å². The van der Waals surface area contributed by atoms with Crippen LogP contribution in [0.5, 0.6) is 0 Å². The Morgan fingerprint density at radius 1 is 1.54 bits per heavy atom. The van der Waals surface area contributed by atoms with E-state index in [9.17, 15) is 0 Å². The van der Waals surface area contributed by atoms with Gasteiger partial charge in [0.05, 0.1) is 11.9 Å². The molecule has 1 N–H and O–H groups in total. The van der Waals surface area contributed by atoms with E-state index in [0.29, 0.717) is 5.15 Å². The zero-order valence-electron chi connectivity index (χ0n) is 7.59. The molecule has 0 atom stereocenters. The summed E-state index contributed by atoms with van der Waals surface area (Å²) in [6.45, 7) is 0.990. The fourth-order valence-corrected chi connectivity index (χ4v) is 1.47. The number of pyridine rings is 1. The van der Waals surface area contributed by atoms with Gasteiger partial charge in [0, 0.05) is 6.54 Å². The number of nitrogens with one attached hydrogen (secondary N) is 1. The Labute approximate surface area is 88.1 Å². The van der Waals surface area contributed by atoms with Crippen LogP contribution in [0.4, 0.5) is 5.69 Å². The molecule has 0 aromatic carbocycles. The van der Waals surface area contributed by atoms with Crippen LogP contribution in [0.1, 0.15) is 6.42 Å². The molecule has 0 bridgehead atoms. The van der Waals surface area contributed by atoms with Crippen LogP contribution in [0.15, 0.2) is 18.3 Å². The minimum atomic E-state index is 0.537. The Morgan fingerprint density at radius 2 is 2.38 bits per heavy atom. The molecule has 1 aromatic rings. The SMILES string of the molecule is CSCCCNc1ccc(Cl)nc1. The van der Waals surface area contributed by atoms with E-state index in [2.05, 4.69) is 16.6 Å². The summed E-state index contributed by atoms with van der Waals surface area (Å²) in [5.41, 5.74) is 1.03. The van der Waals surface area contributed by atoms with Gasteiger partial charge in [0.1, 0.15) is 5.15 Å². The normalized spacial score (nSPS) is 10.0. The second-order valence-electron chi connectivity index (χ2n) is 2.64. The average Bonchev–Trinajstić information content (AvgIpc) is 2.15. The molecule has 0 saturated carbocycles. The summed E-state index contributed by atoms with van der Waals surface area (Å²) >= 11 is 7.52. The highest BCUT2D eigenvalue weighted by Gasteiger charge is 1.92. The second kappa shape index (κ2) is 6.11. The highest BCUT2D eigenvalue weighted by Crippen LogP contribution is 2.09. The Balaban J connectivity index is 2.25. The average molecular weight is 217 g/mol. The molecule has 0 aliphatic heterocycles. The zero-order chi connectivity index (χ0) is 9.52. The lowest BCUT2D eigenvalue weighted by atomic mass is 10.4. The second-order valence-corrected chi connectivity index (χ2v) is 4.02. The van der Waals surface area contributed by atoms with Gasteiger partial charge >= 0.3 is 0 Å². The molecule has 0 aliphatic carbocycles. The van der Waals surface area contributed by atoms with Gasteiger partial charge in [-0.25, -0.2) is 4.98 Å². The van der Waals surface area contributed by atoms with Crippen molar-refractivity contribution in [3.05, 3.63) is 23.5 Å². The fourth-order valence-electron chi connectivity index (χ4n) is 0.930. The lowest BCUT2D eigenvalue weighted by Gasteiger charge is -2.04. The van der Waals surface area contributed by atoms with Crippen molar-refractivity contribution in [1.29, 1.82) is 0 Å². The van der Waals surface area contributed by atoms with E-state index in [0.717, 1.165) is 12.2 Å². The van der Waals surface area contributed by atoms with Gasteiger partial charge in [-0.2, -0.15) is 11.8 Å². The molecule has 2 nitrogen and oxygen atoms in total. The Bertz CT molecular complexity index is 238. The third kappa shape index (κ3) is 4.39. The number of hydrogen-bond donors (Lipinski definition) is 1. The Kier molecular flexibility index (Phi) is 5.01. The number of rotatable bonds is 5. The molecule has 1 aromatic heterocycles. The lowest BCUT2D eigenvalue weighted by Crippen LogP contribution is -2.02. The molecular formula is C9H13ClN2S. The number of aromatic nitrogens is 1. The van der Waals surface area contributed by atoms with Crippen molar-refractivity contribution in [3.63, 3.8) is 0 Å². The van der Waals surface area contributed by atoms with E-state index in [1.165, 1.54) is 12.2 Å². The van der Waals surface area contributed by atoms with Crippen LogP contribution in [0.2, 0.25) is 5.15 Å². The number of anilines is 1. The summed E-state index contributed by atoms with van der Waals surface area (Å²) < 4.78 is 0. The number of hydrogen-bond acceptors (Lipinski definition) is 3. The van der Waals surface area contributed by atoms with Crippen molar-refractivity contribution in [2.75, 3.05) is 23.9 Å². The molecular weight excluding hydrogens is 204 g/mol. The Hall–Kier alpha value is -0.410. The smallest absolute Gasteiger partial charge is 0.129 e. The van der Waals surface area contributed by atoms with Gasteiger partial charge in [0.25, 0.3) is 0 Å². The maximum Gasteiger partial charge on any atom is 0.129 e. The first-order chi connectivity index (χ1) is 6.33. The third-order valence-corrected chi connectivity index (χ3v) is 2.50. The van der Waals surface area contributed by atoms with Gasteiger partial charge in [0.15, 0.2) is 0 Å². The van der Waals surface area contributed by atoms with Crippen molar-refractivity contribution in [3.8, 4) is 0 Å². The van der Waals surface area contributed by atoms with Crippen molar-refractivity contribution < 1.29 is 0 Å². The van der Waals surface area contributed by atoms with Crippen LogP contribution >= 0.6 is 23.4 Å². The lowest BCUT2D eigenvalue weighted by molar-refractivity contribution is 0.991. The molecule has 0 aliphatic rings. The summed E-state index contributed by atoms with van der Waals surface area (Å²) in [6.07, 6.45) is 5.04. The first-order valence-electron chi connectivity index (χ1n) is 4.17. The maximum atomic E-state index is 5.65. The molecule has 1 heterocycles. The number of nitrogens with zero attached hydrogens (tertiary/aromatic N) is 1. The molecule has 0 unspecified atom stereocenters. The van der Waals surface area contributed by atoms with Gasteiger partial charge in [-0.3, -0.25) is 0 Å². The van der Waals surface area contributed by atoms with E-state index in [4.69, 9.17) is 11.6 Å². The van der Waals surface area contributed by atoms with Crippen molar-refractivity contribution in [2.24, 2.45) is 0 Å². The van der Waals surface area contributed by atoms with Crippen LogP contribution in [-0.2, 0) is 0 Å². The zero-order valence-corrected chi connectivity index (χ0v) is 9.16. The van der Waals surface area contributed by atoms with Crippen LogP contribution in [0.25, 0.3) is 0 Å². The minimum absolute atomic E-state index is 0.537. The predicted molar refractivity (Wildman–Crippen MR) is 60.7 cm³/mol. The molecule has 1 rings (SSSR count). The van der Waals surface area contributed by atoms with Gasteiger partial charge in [0.2, 0.25) is 0 Å². The highest BCUT2D eigenvalue weighted by atomic mass is 35.5. The first kappa shape index (κ1) is 10.7. The topological polar surface area (TPSA) is 24.9 Å². The summed E-state index contributed by atoms with van der Waals surface area (Å²) in [5.74, 6) is 1.19. The quantitative estimate of drug-likeness (QED) is 0.605. The fraction of sp³-hybridized carbons (Fsp3) is 0.444. The van der Waals surface area contributed by atoms with Crippen LogP contribution < -0.4 is 5.32 Å². The number of thioether (sulfide) groups is 1. The van der Waals surface area contributed by atoms with E-state index in [1.807, 2.05) is 17.8 Å². The molecule has 0 spiro atoms. The monoisotopic (exact) mass is 216 g/mol. The largest absolute Gasteiger partial charge is 0.384 e. The van der Waals surface area contributed by atoms with Crippen molar-refractivity contribution in [1.82, 2.24) is 4.98 Å². The summed E-state index contributed by atoms with van der Waals surface area (Å²) in [7, 11) is 0. The standard InChI is InChI=1S/C9H13ClN2S/c1-13-6-2-5-11-8-3-4-9(10)12-7-8/h3-4,7,11H,2,5-6H2,1H3. The summed E-state index contributed by atoms with van der Waals surface area (Å²) in [6, 6.07) is 3.73. The maximum absolute atomic E-state index is 5.65. The van der Waals surface area contributed by atoms with Crippen LogP contribution in [0, 0.1) is 0 Å². The van der Waals surface area contributed by atoms with Crippen LogP contribution in [-0.4, -0.2) is 23.5 Å².